The average molecular weight is 644 g/mol. The van der Waals surface area contributed by atoms with Gasteiger partial charge in [0.05, 0.1) is 11.8 Å². The molecular weight excluding hydrogens is 618 g/mol. The number of hydrogen-bond acceptors (Lipinski definition) is 7. The van der Waals surface area contributed by atoms with Gasteiger partial charge in [-0.25, -0.2) is 15.0 Å². The fourth-order valence-electron chi connectivity index (χ4n) is 4.16. The van der Waals surface area contributed by atoms with Crippen molar-refractivity contribution in [3.8, 4) is 11.5 Å². The first-order chi connectivity index (χ1) is 22.9. The van der Waals surface area contributed by atoms with Crippen LogP contribution in [0.4, 0.5) is 5.69 Å². The van der Waals surface area contributed by atoms with Crippen molar-refractivity contribution >= 4 is 53.3 Å². The van der Waals surface area contributed by atoms with Crippen molar-refractivity contribution in [2.75, 3.05) is 5.32 Å². The normalized spacial score (nSPS) is 10.8. The number of rotatable bonds is 10. The Balaban J connectivity index is 1.17. The third-order valence-electron chi connectivity index (χ3n) is 6.54. The van der Waals surface area contributed by atoms with Crippen LogP contribution in [0.25, 0.3) is 6.08 Å². The van der Waals surface area contributed by atoms with Gasteiger partial charge in [-0.3, -0.25) is 9.59 Å². The van der Waals surface area contributed by atoms with Crippen LogP contribution in [0.5, 0.6) is 11.5 Å². The van der Waals surface area contributed by atoms with Crippen molar-refractivity contribution in [1.29, 1.82) is 0 Å². The summed E-state index contributed by atoms with van der Waals surface area (Å²) >= 11 is 5.89. The van der Waals surface area contributed by atoms with Gasteiger partial charge in [-0.15, -0.1) is 0 Å². The molecule has 0 aliphatic carbocycles. The first kappa shape index (κ1) is 32.1. The largest absolute Gasteiger partial charge is 0.423 e. The molecule has 0 unspecified atom stereocenters. The smallest absolute Gasteiger partial charge is 0.343 e. The van der Waals surface area contributed by atoms with Gasteiger partial charge in [0, 0.05) is 39.0 Å². The van der Waals surface area contributed by atoms with E-state index in [4.69, 9.17) is 21.1 Å². The third kappa shape index (κ3) is 9.10. The molecule has 2 N–H and O–H groups in total. The van der Waals surface area contributed by atoms with Crippen molar-refractivity contribution in [2.45, 2.75) is 0 Å². The highest BCUT2D eigenvalue weighted by molar-refractivity contribution is 6.30. The fourth-order valence-corrected chi connectivity index (χ4v) is 4.28. The molecule has 9 nitrogen and oxygen atoms in total. The number of carbonyl (C=O) groups is 4. The van der Waals surface area contributed by atoms with Gasteiger partial charge < -0.3 is 14.8 Å². The lowest BCUT2D eigenvalue weighted by Gasteiger charge is -2.08. The number of hydrogen-bond donors (Lipinski definition) is 2. The van der Waals surface area contributed by atoms with Crippen LogP contribution in [0.1, 0.15) is 42.2 Å². The summed E-state index contributed by atoms with van der Waals surface area (Å²) < 4.78 is 11.0. The summed E-state index contributed by atoms with van der Waals surface area (Å²) in [5.74, 6) is -1.53. The molecule has 0 spiro atoms. The molecule has 47 heavy (non-hydrogen) atoms. The molecule has 0 aliphatic heterocycles. The Morgan fingerprint density at radius 3 is 1.87 bits per heavy atom. The Kier molecular flexibility index (Phi) is 10.7. The molecule has 0 aliphatic rings. The number of esters is 2. The summed E-state index contributed by atoms with van der Waals surface area (Å²) in [5.41, 5.74) is 5.05. The molecule has 0 radical (unpaired) electrons. The van der Waals surface area contributed by atoms with Crippen LogP contribution in [0.2, 0.25) is 5.02 Å². The number of anilines is 1. The van der Waals surface area contributed by atoms with Gasteiger partial charge in [0.15, 0.2) is 0 Å². The first-order valence-corrected chi connectivity index (χ1v) is 14.6. The molecule has 0 aromatic heterocycles. The van der Waals surface area contributed by atoms with E-state index in [1.807, 2.05) is 6.07 Å². The number of ether oxygens (including phenoxy) is 2. The van der Waals surface area contributed by atoms with Crippen molar-refractivity contribution in [3.63, 3.8) is 0 Å². The number of carbonyl (C=O) groups excluding carboxylic acids is 4. The van der Waals surface area contributed by atoms with Crippen LogP contribution in [-0.4, -0.2) is 30.0 Å². The monoisotopic (exact) mass is 643 g/mol. The second kappa shape index (κ2) is 15.6. The van der Waals surface area contributed by atoms with Crippen LogP contribution in [0.3, 0.4) is 0 Å². The molecule has 0 atom stereocenters. The van der Waals surface area contributed by atoms with Crippen LogP contribution < -0.4 is 20.2 Å². The second-order valence-electron chi connectivity index (χ2n) is 9.82. The zero-order chi connectivity index (χ0) is 33.0. The fraction of sp³-hybridized carbons (Fsp3) is 0. The second-order valence-corrected chi connectivity index (χ2v) is 10.3. The first-order valence-electron chi connectivity index (χ1n) is 14.2. The van der Waals surface area contributed by atoms with Gasteiger partial charge in [-0.2, -0.15) is 5.10 Å². The predicted octanol–water partition coefficient (Wildman–Crippen LogP) is 7.19. The van der Waals surface area contributed by atoms with E-state index in [0.717, 1.165) is 0 Å². The maximum absolute atomic E-state index is 12.7. The summed E-state index contributed by atoms with van der Waals surface area (Å²) in [7, 11) is 0. The van der Waals surface area contributed by atoms with Gasteiger partial charge in [-0.1, -0.05) is 60.1 Å². The quantitative estimate of drug-likeness (QED) is 0.0546. The van der Waals surface area contributed by atoms with E-state index < -0.39 is 17.8 Å². The highest BCUT2D eigenvalue weighted by Gasteiger charge is 2.12. The van der Waals surface area contributed by atoms with E-state index in [2.05, 4.69) is 15.8 Å². The maximum atomic E-state index is 12.7. The molecule has 0 heterocycles. The van der Waals surface area contributed by atoms with E-state index >= 15 is 0 Å². The molecular formula is C37H26ClN3O6. The zero-order valence-corrected chi connectivity index (χ0v) is 25.4. The van der Waals surface area contributed by atoms with Crippen molar-refractivity contribution in [1.82, 2.24) is 5.43 Å². The molecule has 2 amide bonds. The molecule has 0 saturated heterocycles. The highest BCUT2D eigenvalue weighted by atomic mass is 35.5. The number of halogens is 1. The third-order valence-corrected chi connectivity index (χ3v) is 6.79. The summed E-state index contributed by atoms with van der Waals surface area (Å²) in [5, 5.41) is 7.27. The van der Waals surface area contributed by atoms with Gasteiger partial charge >= 0.3 is 11.9 Å². The Hall–Kier alpha value is -6.32. The van der Waals surface area contributed by atoms with Crippen LogP contribution in [0.15, 0.2) is 139 Å². The van der Waals surface area contributed by atoms with Crippen LogP contribution >= 0.6 is 11.6 Å². The van der Waals surface area contributed by atoms with E-state index in [9.17, 15) is 19.2 Å². The van der Waals surface area contributed by atoms with Crippen LogP contribution in [-0.2, 0) is 4.79 Å². The summed E-state index contributed by atoms with van der Waals surface area (Å²) in [6.07, 6.45) is 4.03. The Bertz CT molecular complexity index is 1960. The molecule has 5 aromatic carbocycles. The topological polar surface area (TPSA) is 123 Å². The lowest BCUT2D eigenvalue weighted by Crippen LogP contribution is -2.18. The highest BCUT2D eigenvalue weighted by Crippen LogP contribution is 2.22. The van der Waals surface area contributed by atoms with Gasteiger partial charge in [0.1, 0.15) is 11.5 Å². The molecule has 5 aromatic rings. The van der Waals surface area contributed by atoms with Crippen molar-refractivity contribution in [2.24, 2.45) is 5.10 Å². The van der Waals surface area contributed by atoms with Crippen molar-refractivity contribution < 1.29 is 28.7 Å². The zero-order valence-electron chi connectivity index (χ0n) is 24.6. The molecule has 5 rings (SSSR count). The van der Waals surface area contributed by atoms with E-state index in [1.54, 1.807) is 121 Å². The number of para-hydroxylation sites is 2. The van der Waals surface area contributed by atoms with Gasteiger partial charge in [0.2, 0.25) is 0 Å². The SMILES string of the molecule is O=C(/C=C/c1ccccc1OC(=O)c1ccc(Cl)cc1)Oc1ccccc1/C=N/NC(=O)c1ccc(NC(=O)c2ccccc2)cc1. The molecule has 232 valence electrons. The minimum Gasteiger partial charge on any atom is -0.423 e. The summed E-state index contributed by atoms with van der Waals surface area (Å²) in [4.78, 5) is 50.2. The van der Waals surface area contributed by atoms with Gasteiger partial charge in [0.25, 0.3) is 11.8 Å². The number of nitrogens with zero attached hydrogens (tertiary/aromatic N) is 1. The number of amides is 2. The maximum Gasteiger partial charge on any atom is 0.343 e. The summed E-state index contributed by atoms with van der Waals surface area (Å²) in [6.45, 7) is 0. The lowest BCUT2D eigenvalue weighted by molar-refractivity contribution is -0.128. The number of hydrazone groups is 1. The minimum atomic E-state index is -0.687. The molecule has 0 saturated carbocycles. The standard InChI is InChI=1S/C37H26ClN3O6/c38-30-19-14-28(15-20-30)37(45)47-32-12-6-4-8-25(32)18-23-34(42)46-33-13-7-5-11-29(33)24-39-41-36(44)27-16-21-31(22-17-27)40-35(43)26-9-2-1-3-10-26/h1-24H,(H,40,43)(H,41,44)/b23-18+,39-24+. The molecule has 0 fully saturated rings. The van der Waals surface area contributed by atoms with E-state index in [0.29, 0.717) is 38.5 Å². The Labute approximate surface area is 275 Å². The molecule has 10 heteroatoms. The average Bonchev–Trinajstić information content (AvgIpc) is 3.09. The van der Waals surface area contributed by atoms with E-state index in [1.165, 1.54) is 18.4 Å². The van der Waals surface area contributed by atoms with Crippen molar-refractivity contribution in [3.05, 3.63) is 166 Å². The lowest BCUT2D eigenvalue weighted by atomic mass is 10.1. The Morgan fingerprint density at radius 2 is 1.17 bits per heavy atom. The summed E-state index contributed by atoms with van der Waals surface area (Å²) in [6, 6.07) is 34.8. The number of benzene rings is 5. The minimum absolute atomic E-state index is 0.209. The van der Waals surface area contributed by atoms with Gasteiger partial charge in [-0.05, 0) is 84.9 Å². The molecule has 0 bridgehead atoms. The van der Waals surface area contributed by atoms with Crippen LogP contribution in [0, 0.1) is 0 Å². The predicted molar refractivity (Wildman–Crippen MR) is 180 cm³/mol. The Morgan fingerprint density at radius 1 is 0.596 bits per heavy atom. The number of nitrogens with one attached hydrogen (secondary N) is 2. The van der Waals surface area contributed by atoms with E-state index in [-0.39, 0.29) is 17.4 Å².